The summed E-state index contributed by atoms with van der Waals surface area (Å²) in [5.41, 5.74) is 0.0161. The molecule has 2 amide bonds. The molecule has 2 aromatic rings. The molecule has 2 aromatic carbocycles. The third-order valence-corrected chi connectivity index (χ3v) is 4.95. The number of carbonyl (C=O) groups is 2. The van der Waals surface area contributed by atoms with Gasteiger partial charge in [-0.3, -0.25) is 9.59 Å². The van der Waals surface area contributed by atoms with Gasteiger partial charge >= 0.3 is 6.18 Å². The summed E-state index contributed by atoms with van der Waals surface area (Å²) in [6, 6.07) is 11.7. The first-order valence-electron chi connectivity index (χ1n) is 9.74. The molecule has 1 aliphatic rings. The predicted molar refractivity (Wildman–Crippen MR) is 105 cm³/mol. The van der Waals surface area contributed by atoms with Crippen LogP contribution >= 0.6 is 0 Å². The maximum absolute atomic E-state index is 12.9. The number of nitrogens with zero attached hydrogens (tertiary/aromatic N) is 2. The van der Waals surface area contributed by atoms with Crippen molar-refractivity contribution < 1.29 is 27.5 Å². The number of halogens is 3. The van der Waals surface area contributed by atoms with E-state index < -0.39 is 17.6 Å². The van der Waals surface area contributed by atoms with Gasteiger partial charge in [0.15, 0.2) is 0 Å². The zero-order chi connectivity index (χ0) is 21.7. The second kappa shape index (κ2) is 9.19. The zero-order valence-corrected chi connectivity index (χ0v) is 16.6. The maximum atomic E-state index is 12.9. The van der Waals surface area contributed by atoms with Crippen molar-refractivity contribution in [1.82, 2.24) is 9.80 Å². The Kier molecular flexibility index (Phi) is 6.64. The third-order valence-electron chi connectivity index (χ3n) is 4.95. The van der Waals surface area contributed by atoms with Crippen LogP contribution in [-0.2, 0) is 17.4 Å². The summed E-state index contributed by atoms with van der Waals surface area (Å²) in [5.74, 6) is 0.237. The SMILES string of the molecule is CCOc1ccc(CC(=O)N2CCN(C(=O)c3cccc(C(F)(F)F)c3)CC2)cc1. The fraction of sp³-hybridized carbons (Fsp3) is 0.364. The maximum Gasteiger partial charge on any atom is 0.416 e. The van der Waals surface area contributed by atoms with Crippen LogP contribution in [0.3, 0.4) is 0 Å². The number of piperazine rings is 1. The second-order valence-corrected chi connectivity index (χ2v) is 7.01. The lowest BCUT2D eigenvalue weighted by atomic mass is 10.1. The summed E-state index contributed by atoms with van der Waals surface area (Å²) in [5, 5.41) is 0. The Morgan fingerprint density at radius 2 is 1.60 bits per heavy atom. The van der Waals surface area contributed by atoms with E-state index in [0.29, 0.717) is 19.7 Å². The molecule has 0 saturated carbocycles. The molecule has 5 nitrogen and oxygen atoms in total. The Bertz CT molecular complexity index is 889. The largest absolute Gasteiger partial charge is 0.494 e. The molecular weight excluding hydrogens is 397 g/mol. The molecule has 0 atom stereocenters. The van der Waals surface area contributed by atoms with Crippen LogP contribution in [0.4, 0.5) is 13.2 Å². The van der Waals surface area contributed by atoms with E-state index in [2.05, 4.69) is 0 Å². The van der Waals surface area contributed by atoms with Crippen molar-refractivity contribution in [2.75, 3.05) is 32.8 Å². The van der Waals surface area contributed by atoms with Gasteiger partial charge in [-0.25, -0.2) is 0 Å². The zero-order valence-electron chi connectivity index (χ0n) is 16.6. The topological polar surface area (TPSA) is 49.9 Å². The average molecular weight is 420 g/mol. The van der Waals surface area contributed by atoms with Gasteiger partial charge in [0.2, 0.25) is 5.91 Å². The molecule has 1 heterocycles. The minimum Gasteiger partial charge on any atom is -0.494 e. The van der Waals surface area contributed by atoms with Crippen molar-refractivity contribution in [3.63, 3.8) is 0 Å². The number of benzene rings is 2. The van der Waals surface area contributed by atoms with Crippen LogP contribution in [0.5, 0.6) is 5.75 Å². The molecule has 1 aliphatic heterocycles. The molecule has 0 aliphatic carbocycles. The standard InChI is InChI=1S/C22H23F3N2O3/c1-2-30-19-8-6-16(7-9-19)14-20(28)26-10-12-27(13-11-26)21(29)17-4-3-5-18(15-17)22(23,24)25/h3-9,15H,2,10-14H2,1H3. The van der Waals surface area contributed by atoms with Gasteiger partial charge in [0.25, 0.3) is 5.91 Å². The van der Waals surface area contributed by atoms with E-state index in [-0.39, 0.29) is 31.0 Å². The first-order valence-corrected chi connectivity index (χ1v) is 9.74. The first kappa shape index (κ1) is 21.7. The second-order valence-electron chi connectivity index (χ2n) is 7.01. The van der Waals surface area contributed by atoms with Gasteiger partial charge in [-0.1, -0.05) is 18.2 Å². The number of rotatable bonds is 5. The molecule has 0 bridgehead atoms. The smallest absolute Gasteiger partial charge is 0.416 e. The van der Waals surface area contributed by atoms with Gasteiger partial charge in [-0.05, 0) is 42.8 Å². The average Bonchev–Trinajstić information content (AvgIpc) is 2.74. The highest BCUT2D eigenvalue weighted by atomic mass is 19.4. The summed E-state index contributed by atoms with van der Waals surface area (Å²) in [6.07, 6.45) is -4.25. The Labute approximate surface area is 173 Å². The van der Waals surface area contributed by atoms with E-state index in [1.807, 2.05) is 31.2 Å². The number of amides is 2. The molecule has 160 valence electrons. The first-order chi connectivity index (χ1) is 14.3. The Morgan fingerprint density at radius 1 is 0.967 bits per heavy atom. The van der Waals surface area contributed by atoms with Crippen LogP contribution in [0, 0.1) is 0 Å². The normalized spacial score (nSPS) is 14.5. The lowest BCUT2D eigenvalue weighted by Crippen LogP contribution is -2.51. The summed E-state index contributed by atoms with van der Waals surface area (Å²) >= 11 is 0. The Hall–Kier alpha value is -3.03. The summed E-state index contributed by atoms with van der Waals surface area (Å²) in [7, 11) is 0. The van der Waals surface area contributed by atoms with Gasteiger partial charge in [-0.15, -0.1) is 0 Å². The minimum absolute atomic E-state index is 0.000936. The molecule has 0 unspecified atom stereocenters. The van der Waals surface area contributed by atoms with E-state index in [0.717, 1.165) is 23.4 Å². The highest BCUT2D eigenvalue weighted by Gasteiger charge is 2.32. The molecule has 0 spiro atoms. The predicted octanol–water partition coefficient (Wildman–Crippen LogP) is 3.63. The summed E-state index contributed by atoms with van der Waals surface area (Å²) < 4.78 is 44.0. The number of alkyl halides is 3. The van der Waals surface area contributed by atoms with Crippen LogP contribution in [0.25, 0.3) is 0 Å². The van der Waals surface area contributed by atoms with Crippen LogP contribution in [0.2, 0.25) is 0 Å². The van der Waals surface area contributed by atoms with Gasteiger partial charge < -0.3 is 14.5 Å². The minimum atomic E-state index is -4.50. The van der Waals surface area contributed by atoms with Gasteiger partial charge in [0, 0.05) is 31.7 Å². The van der Waals surface area contributed by atoms with Crippen LogP contribution in [-0.4, -0.2) is 54.4 Å². The highest BCUT2D eigenvalue weighted by Crippen LogP contribution is 2.29. The van der Waals surface area contributed by atoms with Crippen LogP contribution in [0.1, 0.15) is 28.4 Å². The van der Waals surface area contributed by atoms with Gasteiger partial charge in [0.05, 0.1) is 18.6 Å². The number of hydrogen-bond donors (Lipinski definition) is 0. The molecule has 0 N–H and O–H groups in total. The lowest BCUT2D eigenvalue weighted by molar-refractivity contribution is -0.137. The molecule has 8 heteroatoms. The molecular formula is C22H23F3N2O3. The van der Waals surface area contributed by atoms with E-state index in [9.17, 15) is 22.8 Å². The van der Waals surface area contributed by atoms with Crippen molar-refractivity contribution in [3.8, 4) is 5.75 Å². The Balaban J connectivity index is 1.55. The van der Waals surface area contributed by atoms with Crippen LogP contribution < -0.4 is 4.74 Å². The molecule has 1 fully saturated rings. The van der Waals surface area contributed by atoms with Crippen molar-refractivity contribution in [2.24, 2.45) is 0 Å². The summed E-state index contributed by atoms with van der Waals surface area (Å²) in [4.78, 5) is 28.3. The Morgan fingerprint density at radius 3 is 2.20 bits per heavy atom. The van der Waals surface area contributed by atoms with Crippen LogP contribution in [0.15, 0.2) is 48.5 Å². The van der Waals surface area contributed by atoms with Gasteiger partial charge in [-0.2, -0.15) is 13.2 Å². The number of ether oxygens (including phenoxy) is 1. The molecule has 0 aromatic heterocycles. The molecule has 0 radical (unpaired) electrons. The van der Waals surface area contributed by atoms with Crippen molar-refractivity contribution in [1.29, 1.82) is 0 Å². The molecule has 3 rings (SSSR count). The van der Waals surface area contributed by atoms with E-state index in [4.69, 9.17) is 4.74 Å². The van der Waals surface area contributed by atoms with E-state index in [1.165, 1.54) is 17.0 Å². The number of carbonyl (C=O) groups excluding carboxylic acids is 2. The summed E-state index contributed by atoms with van der Waals surface area (Å²) in [6.45, 7) is 3.73. The third kappa shape index (κ3) is 5.31. The van der Waals surface area contributed by atoms with Gasteiger partial charge in [0.1, 0.15) is 5.75 Å². The van der Waals surface area contributed by atoms with E-state index >= 15 is 0 Å². The monoisotopic (exact) mass is 420 g/mol. The highest BCUT2D eigenvalue weighted by molar-refractivity contribution is 5.94. The molecule has 1 saturated heterocycles. The molecule has 30 heavy (non-hydrogen) atoms. The van der Waals surface area contributed by atoms with E-state index in [1.54, 1.807) is 4.90 Å². The van der Waals surface area contributed by atoms with Crippen molar-refractivity contribution in [2.45, 2.75) is 19.5 Å². The van der Waals surface area contributed by atoms with Crippen molar-refractivity contribution in [3.05, 3.63) is 65.2 Å². The fourth-order valence-corrected chi connectivity index (χ4v) is 3.33. The lowest BCUT2D eigenvalue weighted by Gasteiger charge is -2.35. The number of hydrogen-bond acceptors (Lipinski definition) is 3. The fourth-order valence-electron chi connectivity index (χ4n) is 3.33. The van der Waals surface area contributed by atoms with Crippen molar-refractivity contribution >= 4 is 11.8 Å². The quantitative estimate of drug-likeness (QED) is 0.742.